The Bertz CT molecular complexity index is 306. The molecule has 0 spiro atoms. The van der Waals surface area contributed by atoms with Crippen LogP contribution in [0.4, 0.5) is 0 Å². The van der Waals surface area contributed by atoms with E-state index < -0.39 is 20.8 Å². The van der Waals surface area contributed by atoms with Crippen LogP contribution in [0.5, 0.6) is 0 Å². The van der Waals surface area contributed by atoms with E-state index in [1.165, 1.54) is 7.11 Å². The van der Waals surface area contributed by atoms with Crippen LogP contribution in [0.15, 0.2) is 0 Å². The maximum Gasteiger partial charge on any atom is 0.320 e. The highest BCUT2D eigenvalue weighted by atomic mass is 79.9. The summed E-state index contributed by atoms with van der Waals surface area (Å²) in [7, 11) is -2.17. The van der Waals surface area contributed by atoms with Gasteiger partial charge >= 0.3 is 5.97 Å². The molecule has 0 heterocycles. The Kier molecular flexibility index (Phi) is 7.90. The number of hydrogen-bond acceptors (Lipinski definition) is 5. The number of halogens is 1. The van der Waals surface area contributed by atoms with Gasteiger partial charge in [-0.05, 0) is 6.92 Å². The van der Waals surface area contributed by atoms with Gasteiger partial charge in [0.2, 0.25) is 10.0 Å². The Morgan fingerprint density at radius 3 is 2.62 bits per heavy atom. The van der Waals surface area contributed by atoms with Crippen LogP contribution in [0.2, 0.25) is 0 Å². The molecular formula is C8H16BrNO5S. The number of carbonyl (C=O) groups excluding carboxylic acids is 1. The van der Waals surface area contributed by atoms with Crippen LogP contribution < -0.4 is 4.72 Å². The number of alkyl halides is 1. The van der Waals surface area contributed by atoms with Gasteiger partial charge in [-0.1, -0.05) is 15.9 Å². The van der Waals surface area contributed by atoms with Crippen LogP contribution in [0, 0.1) is 0 Å². The first-order valence-corrected chi connectivity index (χ1v) is 7.26. The molecule has 1 atom stereocenters. The second-order valence-corrected chi connectivity index (χ2v) is 5.89. The minimum absolute atomic E-state index is 0.0405. The van der Waals surface area contributed by atoms with E-state index in [2.05, 4.69) is 25.4 Å². The standard InChI is InChI=1S/C8H16BrNO5S/c1-3-15-4-5-16(12,13)10-6-7(9)8(11)14-2/h7,10H,3-6H2,1-2H3. The lowest BCUT2D eigenvalue weighted by Gasteiger charge is -2.09. The molecule has 0 amide bonds. The van der Waals surface area contributed by atoms with E-state index in [9.17, 15) is 13.2 Å². The van der Waals surface area contributed by atoms with Crippen molar-refractivity contribution in [2.24, 2.45) is 0 Å². The summed E-state index contributed by atoms with van der Waals surface area (Å²) in [6.07, 6.45) is 0. The topological polar surface area (TPSA) is 81.7 Å². The van der Waals surface area contributed by atoms with E-state index in [0.29, 0.717) is 6.61 Å². The summed E-state index contributed by atoms with van der Waals surface area (Å²) >= 11 is 3.01. The Hall–Kier alpha value is -0.180. The van der Waals surface area contributed by atoms with Gasteiger partial charge in [-0.25, -0.2) is 13.1 Å². The molecule has 8 heteroatoms. The van der Waals surface area contributed by atoms with Crippen molar-refractivity contribution in [3.8, 4) is 0 Å². The Labute approximate surface area is 104 Å². The highest BCUT2D eigenvalue weighted by molar-refractivity contribution is 9.10. The average molecular weight is 318 g/mol. The Morgan fingerprint density at radius 2 is 2.12 bits per heavy atom. The van der Waals surface area contributed by atoms with Gasteiger partial charge in [0.1, 0.15) is 4.83 Å². The molecule has 0 aromatic heterocycles. The average Bonchev–Trinajstić information content (AvgIpc) is 2.25. The van der Waals surface area contributed by atoms with Crippen LogP contribution >= 0.6 is 15.9 Å². The smallest absolute Gasteiger partial charge is 0.320 e. The zero-order valence-electron chi connectivity index (χ0n) is 9.23. The van der Waals surface area contributed by atoms with Crippen LogP contribution in [-0.2, 0) is 24.3 Å². The van der Waals surface area contributed by atoms with E-state index in [4.69, 9.17) is 4.74 Å². The van der Waals surface area contributed by atoms with Crippen LogP contribution in [0.25, 0.3) is 0 Å². The SMILES string of the molecule is CCOCCS(=O)(=O)NCC(Br)C(=O)OC. The fraction of sp³-hybridized carbons (Fsp3) is 0.875. The van der Waals surface area contributed by atoms with Gasteiger partial charge < -0.3 is 9.47 Å². The van der Waals surface area contributed by atoms with Gasteiger partial charge in [0.05, 0.1) is 19.5 Å². The first-order chi connectivity index (χ1) is 7.43. The second-order valence-electron chi connectivity index (χ2n) is 2.85. The third-order valence-electron chi connectivity index (χ3n) is 1.64. The first kappa shape index (κ1) is 15.8. The molecule has 0 saturated carbocycles. The number of nitrogens with one attached hydrogen (secondary N) is 1. The highest BCUT2D eigenvalue weighted by Gasteiger charge is 2.18. The molecule has 6 nitrogen and oxygen atoms in total. The summed E-state index contributed by atoms with van der Waals surface area (Å²) in [6.45, 7) is 2.35. The fourth-order valence-electron chi connectivity index (χ4n) is 0.796. The van der Waals surface area contributed by atoms with E-state index in [1.54, 1.807) is 6.92 Å². The first-order valence-electron chi connectivity index (χ1n) is 4.70. The summed E-state index contributed by atoms with van der Waals surface area (Å²) in [4.78, 5) is 10.3. The van der Waals surface area contributed by atoms with Crippen LogP contribution in [0.3, 0.4) is 0 Å². The monoisotopic (exact) mass is 317 g/mol. The second kappa shape index (κ2) is 7.99. The number of methoxy groups -OCH3 is 1. The summed E-state index contributed by atoms with van der Waals surface area (Å²) in [5.41, 5.74) is 0. The van der Waals surface area contributed by atoms with Gasteiger partial charge in [0.25, 0.3) is 0 Å². The van der Waals surface area contributed by atoms with Gasteiger partial charge in [-0.15, -0.1) is 0 Å². The van der Waals surface area contributed by atoms with Crippen LogP contribution in [0.1, 0.15) is 6.92 Å². The molecule has 16 heavy (non-hydrogen) atoms. The molecule has 96 valence electrons. The van der Waals surface area contributed by atoms with Crippen molar-refractivity contribution in [1.82, 2.24) is 4.72 Å². The van der Waals surface area contributed by atoms with Crippen molar-refractivity contribution >= 4 is 31.9 Å². The van der Waals surface area contributed by atoms with Gasteiger partial charge in [-0.2, -0.15) is 0 Å². The molecule has 0 radical (unpaired) electrons. The lowest BCUT2D eigenvalue weighted by atomic mass is 10.4. The van der Waals surface area contributed by atoms with E-state index in [0.717, 1.165) is 0 Å². The van der Waals surface area contributed by atoms with Crippen molar-refractivity contribution < 1.29 is 22.7 Å². The van der Waals surface area contributed by atoms with Crippen molar-refractivity contribution in [3.63, 3.8) is 0 Å². The number of hydrogen-bond donors (Lipinski definition) is 1. The zero-order chi connectivity index (χ0) is 12.6. The quantitative estimate of drug-likeness (QED) is 0.383. The largest absolute Gasteiger partial charge is 0.468 e. The third kappa shape index (κ3) is 7.15. The van der Waals surface area contributed by atoms with Gasteiger partial charge in [-0.3, -0.25) is 4.79 Å². The van der Waals surface area contributed by atoms with Crippen molar-refractivity contribution in [2.75, 3.05) is 32.6 Å². The predicted molar refractivity (Wildman–Crippen MR) is 63.0 cm³/mol. The fourth-order valence-corrected chi connectivity index (χ4v) is 2.26. The molecule has 0 aromatic rings. The molecule has 1 unspecified atom stereocenters. The molecule has 0 aliphatic carbocycles. The summed E-state index contributed by atoms with van der Waals surface area (Å²) in [6, 6.07) is 0. The molecule has 0 aliphatic rings. The molecule has 1 N–H and O–H groups in total. The van der Waals surface area contributed by atoms with Crippen molar-refractivity contribution in [2.45, 2.75) is 11.8 Å². The normalized spacial score (nSPS) is 13.4. The molecule has 0 saturated heterocycles. The lowest BCUT2D eigenvalue weighted by Crippen LogP contribution is -2.36. The zero-order valence-corrected chi connectivity index (χ0v) is 11.6. The predicted octanol–water partition coefficient (Wildman–Crippen LogP) is -0.121. The van der Waals surface area contributed by atoms with Gasteiger partial charge in [0, 0.05) is 13.2 Å². The highest BCUT2D eigenvalue weighted by Crippen LogP contribution is 2.00. The van der Waals surface area contributed by atoms with Gasteiger partial charge in [0.15, 0.2) is 0 Å². The van der Waals surface area contributed by atoms with Crippen LogP contribution in [-0.4, -0.2) is 51.8 Å². The molecule has 0 aromatic carbocycles. The number of carbonyl (C=O) groups is 1. The molecule has 0 bridgehead atoms. The summed E-state index contributed by atoms with van der Waals surface area (Å²) in [5, 5.41) is 0. The maximum atomic E-state index is 11.4. The molecular weight excluding hydrogens is 302 g/mol. The van der Waals surface area contributed by atoms with E-state index >= 15 is 0 Å². The third-order valence-corrected chi connectivity index (χ3v) is 3.65. The van der Waals surface area contributed by atoms with Crippen molar-refractivity contribution in [1.29, 1.82) is 0 Å². The number of sulfonamides is 1. The minimum Gasteiger partial charge on any atom is -0.468 e. The van der Waals surface area contributed by atoms with Crippen molar-refractivity contribution in [3.05, 3.63) is 0 Å². The van der Waals surface area contributed by atoms with E-state index in [-0.39, 0.29) is 18.9 Å². The maximum absolute atomic E-state index is 11.4. The minimum atomic E-state index is -3.40. The van der Waals surface area contributed by atoms with E-state index in [1.807, 2.05) is 0 Å². The molecule has 0 aliphatic heterocycles. The molecule has 0 fully saturated rings. The number of rotatable bonds is 8. The number of ether oxygens (including phenoxy) is 2. The summed E-state index contributed by atoms with van der Waals surface area (Å²) in [5.74, 6) is -0.644. The lowest BCUT2D eigenvalue weighted by molar-refractivity contribution is -0.139. The Morgan fingerprint density at radius 1 is 1.50 bits per heavy atom. The number of esters is 1. The summed E-state index contributed by atoms with van der Waals surface area (Å²) < 4.78 is 34.3. The molecule has 0 rings (SSSR count). The Balaban J connectivity index is 3.94.